The van der Waals surface area contributed by atoms with Gasteiger partial charge in [-0.15, -0.1) is 0 Å². The minimum Gasteiger partial charge on any atom is -0.384 e. The van der Waals surface area contributed by atoms with E-state index in [-0.39, 0.29) is 5.78 Å². The first-order chi connectivity index (χ1) is 8.70. The average molecular weight is 246 g/mol. The molecule has 3 nitrogen and oxygen atoms in total. The van der Waals surface area contributed by atoms with Crippen molar-refractivity contribution in [3.8, 4) is 0 Å². The molecule has 0 saturated carbocycles. The standard InChI is InChI=1S/C15H22N2O/c1-3-4-9-17(2)11-15(18)13-5-6-14-12(10-13)7-8-16-14/h5-6,10,16H,3-4,7-9,11H2,1-2H3. The normalized spacial score (nSPS) is 13.5. The zero-order valence-corrected chi connectivity index (χ0v) is 11.3. The van der Waals surface area contributed by atoms with E-state index in [1.54, 1.807) is 0 Å². The minimum atomic E-state index is 0.225. The highest BCUT2D eigenvalue weighted by Gasteiger charge is 2.14. The number of Topliss-reactive ketones (excluding diaryl/α,β-unsaturated/α-hetero) is 1. The Labute approximate surface area is 109 Å². The van der Waals surface area contributed by atoms with Crippen LogP contribution in [0.2, 0.25) is 0 Å². The lowest BCUT2D eigenvalue weighted by molar-refractivity contribution is 0.0945. The Morgan fingerprint density at radius 2 is 2.28 bits per heavy atom. The SMILES string of the molecule is CCCCN(C)CC(=O)c1ccc2c(c1)CCN2. The fraction of sp³-hybridized carbons (Fsp3) is 0.533. The molecule has 2 rings (SSSR count). The lowest BCUT2D eigenvalue weighted by Gasteiger charge is -2.15. The van der Waals surface area contributed by atoms with Crippen molar-refractivity contribution in [3.05, 3.63) is 29.3 Å². The summed E-state index contributed by atoms with van der Waals surface area (Å²) in [6.45, 7) is 4.67. The molecule has 0 bridgehead atoms. The molecule has 1 aliphatic rings. The summed E-state index contributed by atoms with van der Waals surface area (Å²) in [6.07, 6.45) is 3.35. The molecule has 0 amide bonds. The van der Waals surface area contributed by atoms with Gasteiger partial charge in [0, 0.05) is 17.8 Å². The molecule has 1 aromatic rings. The molecule has 18 heavy (non-hydrogen) atoms. The van der Waals surface area contributed by atoms with Gasteiger partial charge in [0.05, 0.1) is 6.54 Å². The smallest absolute Gasteiger partial charge is 0.176 e. The maximum atomic E-state index is 12.2. The molecular weight excluding hydrogens is 224 g/mol. The van der Waals surface area contributed by atoms with Gasteiger partial charge < -0.3 is 5.32 Å². The summed E-state index contributed by atoms with van der Waals surface area (Å²) >= 11 is 0. The summed E-state index contributed by atoms with van der Waals surface area (Å²) < 4.78 is 0. The number of carbonyl (C=O) groups excluding carboxylic acids is 1. The quantitative estimate of drug-likeness (QED) is 0.783. The number of nitrogens with one attached hydrogen (secondary N) is 1. The van der Waals surface area contributed by atoms with Crippen molar-refractivity contribution in [3.63, 3.8) is 0 Å². The number of anilines is 1. The third kappa shape index (κ3) is 3.10. The molecular formula is C15H22N2O. The first kappa shape index (κ1) is 13.1. The van der Waals surface area contributed by atoms with Crippen molar-refractivity contribution in [2.75, 3.05) is 32.0 Å². The molecule has 0 atom stereocenters. The van der Waals surface area contributed by atoms with Crippen molar-refractivity contribution >= 4 is 11.5 Å². The van der Waals surface area contributed by atoms with Crippen molar-refractivity contribution in [2.45, 2.75) is 26.2 Å². The number of ketones is 1. The van der Waals surface area contributed by atoms with Crippen LogP contribution in [0.25, 0.3) is 0 Å². The summed E-state index contributed by atoms with van der Waals surface area (Å²) in [6, 6.07) is 6.01. The van der Waals surface area contributed by atoms with Gasteiger partial charge in [0.25, 0.3) is 0 Å². The van der Waals surface area contributed by atoms with E-state index >= 15 is 0 Å². The predicted molar refractivity (Wildman–Crippen MR) is 75.4 cm³/mol. The highest BCUT2D eigenvalue weighted by atomic mass is 16.1. The molecule has 98 valence electrons. The largest absolute Gasteiger partial charge is 0.384 e. The number of hydrogen-bond donors (Lipinski definition) is 1. The fourth-order valence-corrected chi connectivity index (χ4v) is 2.32. The molecule has 1 aromatic carbocycles. The van der Waals surface area contributed by atoms with Gasteiger partial charge >= 0.3 is 0 Å². The van der Waals surface area contributed by atoms with E-state index in [0.717, 1.165) is 31.5 Å². The van der Waals surface area contributed by atoms with E-state index in [1.165, 1.54) is 17.7 Å². The number of fused-ring (bicyclic) bond motifs is 1. The first-order valence-electron chi connectivity index (χ1n) is 6.79. The second-order valence-electron chi connectivity index (χ2n) is 5.06. The molecule has 3 heteroatoms. The first-order valence-corrected chi connectivity index (χ1v) is 6.79. The summed E-state index contributed by atoms with van der Waals surface area (Å²) in [5.74, 6) is 0.225. The number of benzene rings is 1. The van der Waals surface area contributed by atoms with Crippen LogP contribution in [0.4, 0.5) is 5.69 Å². The second kappa shape index (κ2) is 6.01. The van der Waals surface area contributed by atoms with Crippen molar-refractivity contribution in [1.82, 2.24) is 4.90 Å². The maximum absolute atomic E-state index is 12.2. The van der Waals surface area contributed by atoms with Gasteiger partial charge in [-0.05, 0) is 50.2 Å². The summed E-state index contributed by atoms with van der Waals surface area (Å²) in [5, 5.41) is 3.31. The van der Waals surface area contributed by atoms with E-state index < -0.39 is 0 Å². The number of nitrogens with zero attached hydrogens (tertiary/aromatic N) is 1. The van der Waals surface area contributed by atoms with Gasteiger partial charge in [-0.25, -0.2) is 0 Å². The van der Waals surface area contributed by atoms with Crippen LogP contribution in [-0.2, 0) is 6.42 Å². The summed E-state index contributed by atoms with van der Waals surface area (Å²) in [7, 11) is 2.02. The number of rotatable bonds is 6. The molecule has 0 fully saturated rings. The van der Waals surface area contributed by atoms with Crippen LogP contribution in [0.5, 0.6) is 0 Å². The molecule has 0 saturated heterocycles. The Kier molecular flexibility index (Phi) is 4.37. The molecule has 0 radical (unpaired) electrons. The van der Waals surface area contributed by atoms with Gasteiger partial charge in [0.15, 0.2) is 5.78 Å². The number of unbranched alkanes of at least 4 members (excludes halogenated alkanes) is 1. The summed E-state index contributed by atoms with van der Waals surface area (Å²) in [5.41, 5.74) is 3.31. The van der Waals surface area contributed by atoms with E-state index in [0.29, 0.717) is 6.54 Å². The molecule has 1 N–H and O–H groups in total. The van der Waals surface area contributed by atoms with Gasteiger partial charge in [-0.3, -0.25) is 9.69 Å². The lowest BCUT2D eigenvalue weighted by Crippen LogP contribution is -2.27. The predicted octanol–water partition coefficient (Wildman–Crippen LogP) is 2.57. The third-order valence-electron chi connectivity index (χ3n) is 3.44. The Bertz CT molecular complexity index is 429. The van der Waals surface area contributed by atoms with Crippen molar-refractivity contribution in [1.29, 1.82) is 0 Å². The number of carbonyl (C=O) groups is 1. The van der Waals surface area contributed by atoms with Crippen LogP contribution in [0, 0.1) is 0 Å². The highest BCUT2D eigenvalue weighted by Crippen LogP contribution is 2.23. The van der Waals surface area contributed by atoms with Crippen LogP contribution in [0.15, 0.2) is 18.2 Å². The summed E-state index contributed by atoms with van der Waals surface area (Å²) in [4.78, 5) is 14.3. The third-order valence-corrected chi connectivity index (χ3v) is 3.44. The topological polar surface area (TPSA) is 32.3 Å². The average Bonchev–Trinajstić information content (AvgIpc) is 2.83. The highest BCUT2D eigenvalue weighted by molar-refractivity contribution is 5.98. The molecule has 1 heterocycles. The Morgan fingerprint density at radius 3 is 3.06 bits per heavy atom. The van der Waals surface area contributed by atoms with E-state index in [4.69, 9.17) is 0 Å². The maximum Gasteiger partial charge on any atom is 0.176 e. The molecule has 0 spiro atoms. The number of hydrogen-bond acceptors (Lipinski definition) is 3. The monoisotopic (exact) mass is 246 g/mol. The van der Waals surface area contributed by atoms with E-state index in [2.05, 4.69) is 17.1 Å². The molecule has 0 aliphatic carbocycles. The zero-order chi connectivity index (χ0) is 13.0. The lowest BCUT2D eigenvalue weighted by atomic mass is 10.0. The van der Waals surface area contributed by atoms with Crippen LogP contribution >= 0.6 is 0 Å². The van der Waals surface area contributed by atoms with Crippen LogP contribution in [0.1, 0.15) is 35.7 Å². The second-order valence-corrected chi connectivity index (χ2v) is 5.06. The van der Waals surface area contributed by atoms with Crippen molar-refractivity contribution in [2.24, 2.45) is 0 Å². The molecule has 0 aromatic heterocycles. The van der Waals surface area contributed by atoms with Gasteiger partial charge in [-0.1, -0.05) is 13.3 Å². The van der Waals surface area contributed by atoms with Crippen LogP contribution in [-0.4, -0.2) is 37.4 Å². The molecule has 0 unspecified atom stereocenters. The van der Waals surface area contributed by atoms with E-state index in [1.807, 2.05) is 25.2 Å². The van der Waals surface area contributed by atoms with Gasteiger partial charge in [0.2, 0.25) is 0 Å². The van der Waals surface area contributed by atoms with E-state index in [9.17, 15) is 4.79 Å². The van der Waals surface area contributed by atoms with Crippen LogP contribution < -0.4 is 5.32 Å². The van der Waals surface area contributed by atoms with Crippen molar-refractivity contribution < 1.29 is 4.79 Å². The Balaban J connectivity index is 1.96. The van der Waals surface area contributed by atoms with Crippen LogP contribution in [0.3, 0.4) is 0 Å². The van der Waals surface area contributed by atoms with Gasteiger partial charge in [-0.2, -0.15) is 0 Å². The Morgan fingerprint density at radius 1 is 1.44 bits per heavy atom. The van der Waals surface area contributed by atoms with Gasteiger partial charge in [0.1, 0.15) is 0 Å². The molecule has 1 aliphatic heterocycles. The fourth-order valence-electron chi connectivity index (χ4n) is 2.32. The Hall–Kier alpha value is -1.35. The number of likely N-dealkylation sites (N-methyl/N-ethyl adjacent to an activating group) is 1. The minimum absolute atomic E-state index is 0.225. The zero-order valence-electron chi connectivity index (χ0n) is 11.3.